The molecule has 0 rings (SSSR count). The summed E-state index contributed by atoms with van der Waals surface area (Å²) in [5, 5.41) is 0. The normalized spacial score (nSPS) is 12.8. The average Bonchev–Trinajstić information content (AvgIpc) is 2.70. The van der Waals surface area contributed by atoms with Gasteiger partial charge in [-0.2, -0.15) is 0 Å². The third kappa shape index (κ3) is 15.0. The molecule has 1 atom stereocenters. The van der Waals surface area contributed by atoms with Gasteiger partial charge in [-0.1, -0.05) is 59.0 Å². The summed E-state index contributed by atoms with van der Waals surface area (Å²) in [4.78, 5) is 23.3. The van der Waals surface area contributed by atoms with Crippen molar-refractivity contribution in [2.45, 2.75) is 103 Å². The van der Waals surface area contributed by atoms with Crippen molar-refractivity contribution in [2.75, 3.05) is 13.2 Å². The standard InChI is InChI=1S/C24H48O5Si3/c1-10-21(3)23(25)27-16-12-14-18-31(6,7)20-30(5)29-32(8,9)19-15-13-17-28-24(26)22(4)11-2/h30H,3-4,10-20H2,1-2,5-9H3. The predicted octanol–water partition coefficient (Wildman–Crippen LogP) is 6.39. The van der Waals surface area contributed by atoms with Gasteiger partial charge in [-0.15, -0.1) is 0 Å². The van der Waals surface area contributed by atoms with Crippen LogP contribution in [0.25, 0.3) is 0 Å². The molecule has 0 radical (unpaired) electrons. The minimum absolute atomic E-state index is 0.254. The van der Waals surface area contributed by atoms with Gasteiger partial charge in [-0.25, -0.2) is 9.59 Å². The Hall–Kier alpha value is -0.969. The van der Waals surface area contributed by atoms with Crippen molar-refractivity contribution >= 4 is 37.4 Å². The molecule has 8 heteroatoms. The second-order valence-electron chi connectivity index (χ2n) is 10.2. The lowest BCUT2D eigenvalue weighted by molar-refractivity contribution is -0.140. The molecule has 186 valence electrons. The van der Waals surface area contributed by atoms with Crippen LogP contribution in [0.5, 0.6) is 0 Å². The monoisotopic (exact) mass is 500 g/mol. The van der Waals surface area contributed by atoms with Gasteiger partial charge in [-0.05, 0) is 57.0 Å². The molecule has 0 amide bonds. The van der Waals surface area contributed by atoms with Gasteiger partial charge in [0.05, 0.1) is 13.2 Å². The van der Waals surface area contributed by atoms with Gasteiger partial charge in [-0.3, -0.25) is 0 Å². The van der Waals surface area contributed by atoms with E-state index in [1.807, 2.05) is 13.8 Å². The van der Waals surface area contributed by atoms with Crippen molar-refractivity contribution < 1.29 is 23.2 Å². The molecule has 0 spiro atoms. The third-order valence-corrected chi connectivity index (χ3v) is 19.8. The van der Waals surface area contributed by atoms with Crippen LogP contribution in [-0.4, -0.2) is 50.6 Å². The van der Waals surface area contributed by atoms with Crippen LogP contribution < -0.4 is 0 Å². The summed E-state index contributed by atoms with van der Waals surface area (Å²) < 4.78 is 17.2. The van der Waals surface area contributed by atoms with Gasteiger partial charge in [0, 0.05) is 19.2 Å². The number of esters is 2. The largest absolute Gasteiger partial charge is 0.462 e. The van der Waals surface area contributed by atoms with E-state index in [-0.39, 0.29) is 11.9 Å². The lowest BCUT2D eigenvalue weighted by atomic mass is 10.2. The Labute approximate surface area is 200 Å². The maximum atomic E-state index is 11.6. The molecule has 32 heavy (non-hydrogen) atoms. The fraction of sp³-hybridized carbons (Fsp3) is 0.750. The number of rotatable bonds is 18. The Balaban J connectivity index is 4.13. The summed E-state index contributed by atoms with van der Waals surface area (Å²) in [6.45, 7) is 24.1. The molecule has 1 unspecified atom stereocenters. The van der Waals surface area contributed by atoms with E-state index in [0.29, 0.717) is 37.2 Å². The van der Waals surface area contributed by atoms with E-state index < -0.39 is 25.4 Å². The Morgan fingerprint density at radius 3 is 1.66 bits per heavy atom. The van der Waals surface area contributed by atoms with Crippen LogP contribution >= 0.6 is 0 Å². The van der Waals surface area contributed by atoms with Gasteiger partial charge in [0.1, 0.15) is 0 Å². The second kappa shape index (κ2) is 15.8. The summed E-state index contributed by atoms with van der Waals surface area (Å²) in [6.07, 6.45) is 5.23. The fourth-order valence-electron chi connectivity index (χ4n) is 3.71. The first-order chi connectivity index (χ1) is 14.8. The molecule has 0 heterocycles. The maximum Gasteiger partial charge on any atom is 0.333 e. The van der Waals surface area contributed by atoms with Crippen LogP contribution in [0.1, 0.15) is 52.4 Å². The van der Waals surface area contributed by atoms with E-state index in [1.165, 1.54) is 11.7 Å². The van der Waals surface area contributed by atoms with Gasteiger partial charge in [0.25, 0.3) is 0 Å². The second-order valence-corrected chi connectivity index (χ2v) is 23.2. The minimum atomic E-state index is -1.68. The highest BCUT2D eigenvalue weighted by Gasteiger charge is 2.30. The maximum absolute atomic E-state index is 11.6. The van der Waals surface area contributed by atoms with Gasteiger partial charge >= 0.3 is 11.9 Å². The highest BCUT2D eigenvalue weighted by Crippen LogP contribution is 2.24. The molecule has 0 aromatic carbocycles. The summed E-state index contributed by atoms with van der Waals surface area (Å²) in [7, 11) is -4.20. The minimum Gasteiger partial charge on any atom is -0.462 e. The van der Waals surface area contributed by atoms with E-state index in [1.54, 1.807) is 0 Å². The summed E-state index contributed by atoms with van der Waals surface area (Å²) in [5.74, 6) is -0.520. The Bertz CT molecular complexity index is 565. The van der Waals surface area contributed by atoms with Crippen LogP contribution in [0.4, 0.5) is 0 Å². The molecule has 0 fully saturated rings. The zero-order chi connectivity index (χ0) is 24.8. The molecule has 0 aliphatic heterocycles. The molecule has 0 aliphatic carbocycles. The Kier molecular flexibility index (Phi) is 15.3. The van der Waals surface area contributed by atoms with Crippen LogP contribution in [0.15, 0.2) is 24.3 Å². The summed E-state index contributed by atoms with van der Waals surface area (Å²) >= 11 is 0. The zero-order valence-corrected chi connectivity index (χ0v) is 25.0. The Morgan fingerprint density at radius 2 is 1.22 bits per heavy atom. The van der Waals surface area contributed by atoms with Crippen molar-refractivity contribution in [1.82, 2.24) is 0 Å². The van der Waals surface area contributed by atoms with E-state index in [4.69, 9.17) is 13.6 Å². The smallest absolute Gasteiger partial charge is 0.333 e. The SMILES string of the molecule is C=C(CC)C(=O)OCCCC[Si](C)(C)C[SiH](C)O[Si](C)(C)CCCCOC(=O)C(=C)CC. The van der Waals surface area contributed by atoms with Crippen molar-refractivity contribution in [3.8, 4) is 0 Å². The van der Waals surface area contributed by atoms with Crippen molar-refractivity contribution in [2.24, 2.45) is 0 Å². The van der Waals surface area contributed by atoms with Crippen LogP contribution in [-0.2, 0) is 23.2 Å². The number of unbranched alkanes of at least 4 members (excludes halogenated alkanes) is 2. The highest BCUT2D eigenvalue weighted by molar-refractivity contribution is 6.89. The first-order valence-electron chi connectivity index (χ1n) is 12.2. The van der Waals surface area contributed by atoms with E-state index in [0.717, 1.165) is 31.7 Å². The third-order valence-electron chi connectivity index (χ3n) is 5.68. The first kappa shape index (κ1) is 31.0. The molecule has 0 saturated carbocycles. The van der Waals surface area contributed by atoms with Gasteiger partial charge < -0.3 is 13.6 Å². The average molecular weight is 501 g/mol. The quantitative estimate of drug-likeness (QED) is 0.0944. The first-order valence-corrected chi connectivity index (χ1v) is 21.2. The van der Waals surface area contributed by atoms with Gasteiger partial charge in [0.2, 0.25) is 0 Å². The number of hydrogen-bond donors (Lipinski definition) is 0. The fourth-order valence-corrected chi connectivity index (χ4v) is 19.0. The number of carbonyl (C=O) groups is 2. The molecular weight excluding hydrogens is 453 g/mol. The van der Waals surface area contributed by atoms with Crippen molar-refractivity contribution in [3.63, 3.8) is 0 Å². The highest BCUT2D eigenvalue weighted by atomic mass is 28.4. The van der Waals surface area contributed by atoms with Gasteiger partial charge in [0.15, 0.2) is 17.4 Å². The van der Waals surface area contributed by atoms with Crippen molar-refractivity contribution in [3.05, 3.63) is 24.3 Å². The summed E-state index contributed by atoms with van der Waals surface area (Å²) in [6, 6.07) is 2.35. The van der Waals surface area contributed by atoms with Crippen LogP contribution in [0, 0.1) is 0 Å². The molecule has 0 aromatic heterocycles. The van der Waals surface area contributed by atoms with Crippen molar-refractivity contribution in [1.29, 1.82) is 0 Å². The number of hydrogen-bond acceptors (Lipinski definition) is 5. The number of carbonyl (C=O) groups excluding carboxylic acids is 2. The molecule has 0 N–H and O–H groups in total. The molecule has 0 aromatic rings. The lowest BCUT2D eigenvalue weighted by Gasteiger charge is -2.31. The molecule has 0 aliphatic rings. The van der Waals surface area contributed by atoms with E-state index in [9.17, 15) is 9.59 Å². The predicted molar refractivity (Wildman–Crippen MR) is 143 cm³/mol. The molecule has 0 bridgehead atoms. The Morgan fingerprint density at radius 1 is 0.781 bits per heavy atom. The van der Waals surface area contributed by atoms with Crippen LogP contribution in [0.3, 0.4) is 0 Å². The van der Waals surface area contributed by atoms with E-state index >= 15 is 0 Å². The van der Waals surface area contributed by atoms with E-state index in [2.05, 4.69) is 45.9 Å². The molecular formula is C24H48O5Si3. The van der Waals surface area contributed by atoms with Crippen LogP contribution in [0.2, 0.25) is 50.5 Å². The zero-order valence-electron chi connectivity index (χ0n) is 21.8. The number of ether oxygens (including phenoxy) is 2. The molecule has 5 nitrogen and oxygen atoms in total. The molecule has 0 saturated heterocycles. The topological polar surface area (TPSA) is 61.8 Å². The summed E-state index contributed by atoms with van der Waals surface area (Å²) in [5.41, 5.74) is 2.37. The lowest BCUT2D eigenvalue weighted by Crippen LogP contribution is -2.41.